The number of nitrogens with zero attached hydrogens (tertiary/aromatic N) is 2. The average molecular weight is 276 g/mol. The molecule has 4 unspecified atom stereocenters. The van der Waals surface area contributed by atoms with Crippen LogP contribution in [0.15, 0.2) is 6.07 Å². The number of aryl methyl sites for hydroxylation is 2. The fraction of sp³-hybridized carbons (Fsp3) is 0.643. The summed E-state index contributed by atoms with van der Waals surface area (Å²) in [5, 5.41) is 10.9. The number of nitrogens with two attached hydrogens (primary N) is 1. The van der Waals surface area contributed by atoms with Crippen molar-refractivity contribution in [1.29, 1.82) is 0 Å². The standard InChI is InChI=1S/C14H20N4O2/c1-7-6-10(8(2)18-17-7)14(19)16-12-11(15)9-4-3-5-20-13(9)12/h6,9,11-13H,3-5,15H2,1-2H3,(H,16,19). The molecule has 1 saturated carbocycles. The van der Waals surface area contributed by atoms with Crippen LogP contribution in [0.1, 0.15) is 34.6 Å². The highest BCUT2D eigenvalue weighted by atomic mass is 16.5. The van der Waals surface area contributed by atoms with Crippen molar-refractivity contribution < 1.29 is 9.53 Å². The first-order valence-electron chi connectivity index (χ1n) is 7.07. The van der Waals surface area contributed by atoms with Gasteiger partial charge in [-0.3, -0.25) is 4.79 Å². The van der Waals surface area contributed by atoms with Crippen molar-refractivity contribution in [3.05, 3.63) is 23.0 Å². The SMILES string of the molecule is Cc1cc(C(=O)NC2C(N)C3CCCOC32)c(C)nn1. The van der Waals surface area contributed by atoms with Gasteiger partial charge in [-0.2, -0.15) is 10.2 Å². The third-order valence-corrected chi connectivity index (χ3v) is 4.32. The second-order valence-electron chi connectivity index (χ2n) is 5.70. The van der Waals surface area contributed by atoms with Crippen molar-refractivity contribution >= 4 is 5.91 Å². The molecule has 0 bridgehead atoms. The Morgan fingerprint density at radius 1 is 1.45 bits per heavy atom. The van der Waals surface area contributed by atoms with Crippen LogP contribution in [0, 0.1) is 19.8 Å². The lowest BCUT2D eigenvalue weighted by molar-refractivity contribution is -0.117. The number of aromatic nitrogens is 2. The zero-order valence-electron chi connectivity index (χ0n) is 11.8. The number of nitrogens with one attached hydrogen (secondary N) is 1. The molecule has 0 aromatic carbocycles. The van der Waals surface area contributed by atoms with E-state index in [0.29, 0.717) is 17.2 Å². The second kappa shape index (κ2) is 5.10. The molecule has 20 heavy (non-hydrogen) atoms. The predicted octanol–water partition coefficient (Wildman–Crippen LogP) is 0.328. The molecule has 2 fully saturated rings. The summed E-state index contributed by atoms with van der Waals surface area (Å²) in [7, 11) is 0. The van der Waals surface area contributed by atoms with Crippen LogP contribution in [0.3, 0.4) is 0 Å². The lowest BCUT2D eigenvalue weighted by atomic mass is 9.68. The molecule has 2 aliphatic rings. The molecule has 3 N–H and O–H groups in total. The van der Waals surface area contributed by atoms with E-state index in [-0.39, 0.29) is 24.1 Å². The van der Waals surface area contributed by atoms with Crippen molar-refractivity contribution in [3.63, 3.8) is 0 Å². The monoisotopic (exact) mass is 276 g/mol. The highest BCUT2D eigenvalue weighted by Crippen LogP contribution is 2.37. The summed E-state index contributed by atoms with van der Waals surface area (Å²) >= 11 is 0. The zero-order chi connectivity index (χ0) is 14.3. The molecule has 1 aromatic rings. The smallest absolute Gasteiger partial charge is 0.253 e. The van der Waals surface area contributed by atoms with E-state index in [1.807, 2.05) is 6.92 Å². The Morgan fingerprint density at radius 3 is 3.05 bits per heavy atom. The molecule has 4 atom stereocenters. The van der Waals surface area contributed by atoms with Crippen molar-refractivity contribution in [2.24, 2.45) is 11.7 Å². The third-order valence-electron chi connectivity index (χ3n) is 4.32. The lowest BCUT2D eigenvalue weighted by Gasteiger charge is -2.52. The second-order valence-corrected chi connectivity index (χ2v) is 5.70. The molecular formula is C14H20N4O2. The van der Waals surface area contributed by atoms with Gasteiger partial charge in [0.25, 0.3) is 5.91 Å². The van der Waals surface area contributed by atoms with Crippen molar-refractivity contribution in [2.45, 2.75) is 44.9 Å². The van der Waals surface area contributed by atoms with Gasteiger partial charge in [0.15, 0.2) is 0 Å². The molecule has 3 rings (SSSR count). The van der Waals surface area contributed by atoms with Gasteiger partial charge in [-0.15, -0.1) is 0 Å². The lowest BCUT2D eigenvalue weighted by Crippen LogP contribution is -2.72. The molecule has 108 valence electrons. The van der Waals surface area contributed by atoms with Gasteiger partial charge in [-0.1, -0.05) is 0 Å². The minimum absolute atomic E-state index is 0.0135. The van der Waals surface area contributed by atoms with Crippen LogP contribution in [0.5, 0.6) is 0 Å². The van der Waals surface area contributed by atoms with Crippen molar-refractivity contribution in [2.75, 3.05) is 6.61 Å². The van der Waals surface area contributed by atoms with Crippen LogP contribution in [-0.4, -0.2) is 40.9 Å². The van der Waals surface area contributed by atoms with Gasteiger partial charge in [-0.25, -0.2) is 0 Å². The van der Waals surface area contributed by atoms with E-state index in [1.165, 1.54) is 0 Å². The maximum Gasteiger partial charge on any atom is 0.253 e. The van der Waals surface area contributed by atoms with E-state index in [9.17, 15) is 4.79 Å². The number of carbonyl (C=O) groups excluding carboxylic acids is 1. The van der Waals surface area contributed by atoms with Gasteiger partial charge in [0.2, 0.25) is 0 Å². The molecule has 1 aliphatic carbocycles. The summed E-state index contributed by atoms with van der Waals surface area (Å²) in [5.41, 5.74) is 8.06. The highest BCUT2D eigenvalue weighted by molar-refractivity contribution is 5.95. The number of hydrogen-bond donors (Lipinski definition) is 2. The van der Waals surface area contributed by atoms with E-state index < -0.39 is 0 Å². The Hall–Kier alpha value is -1.53. The molecule has 1 saturated heterocycles. The zero-order valence-corrected chi connectivity index (χ0v) is 11.8. The highest BCUT2D eigenvalue weighted by Gasteiger charge is 2.51. The van der Waals surface area contributed by atoms with Gasteiger partial charge in [0.05, 0.1) is 29.1 Å². The summed E-state index contributed by atoms with van der Waals surface area (Å²) in [4.78, 5) is 12.4. The molecular weight excluding hydrogens is 256 g/mol. The Kier molecular flexibility index (Phi) is 3.43. The summed E-state index contributed by atoms with van der Waals surface area (Å²) in [6.07, 6.45) is 2.22. The van der Waals surface area contributed by atoms with Gasteiger partial charge >= 0.3 is 0 Å². The van der Waals surface area contributed by atoms with Crippen LogP contribution in [0.25, 0.3) is 0 Å². The van der Waals surface area contributed by atoms with Gasteiger partial charge < -0.3 is 15.8 Å². The van der Waals surface area contributed by atoms with Gasteiger partial charge in [0, 0.05) is 18.6 Å². The maximum atomic E-state index is 12.4. The van der Waals surface area contributed by atoms with E-state index in [4.69, 9.17) is 10.5 Å². The average Bonchev–Trinajstić information content (AvgIpc) is 2.46. The number of fused-ring (bicyclic) bond motifs is 1. The third kappa shape index (κ3) is 2.19. The topological polar surface area (TPSA) is 90.1 Å². The summed E-state index contributed by atoms with van der Waals surface area (Å²) in [6.45, 7) is 4.36. The predicted molar refractivity (Wildman–Crippen MR) is 73.2 cm³/mol. The Labute approximate surface area is 118 Å². The van der Waals surface area contributed by atoms with Gasteiger partial charge in [-0.05, 0) is 32.8 Å². The van der Waals surface area contributed by atoms with Crippen molar-refractivity contribution in [1.82, 2.24) is 15.5 Å². The van der Waals surface area contributed by atoms with E-state index in [1.54, 1.807) is 13.0 Å². The van der Waals surface area contributed by atoms with Gasteiger partial charge in [0.1, 0.15) is 0 Å². The number of ether oxygens (including phenoxy) is 1. The fourth-order valence-corrected chi connectivity index (χ4v) is 3.13. The first kappa shape index (κ1) is 13.5. The minimum Gasteiger partial charge on any atom is -0.376 e. The first-order chi connectivity index (χ1) is 9.58. The molecule has 0 radical (unpaired) electrons. The Morgan fingerprint density at radius 2 is 2.25 bits per heavy atom. The van der Waals surface area contributed by atoms with Crippen LogP contribution in [0.2, 0.25) is 0 Å². The molecule has 1 amide bonds. The van der Waals surface area contributed by atoms with Crippen LogP contribution in [-0.2, 0) is 4.74 Å². The number of carbonyl (C=O) groups is 1. The van der Waals surface area contributed by atoms with Crippen molar-refractivity contribution in [3.8, 4) is 0 Å². The molecule has 0 spiro atoms. The Balaban J connectivity index is 1.71. The van der Waals surface area contributed by atoms with Crippen LogP contribution in [0.4, 0.5) is 0 Å². The summed E-state index contributed by atoms with van der Waals surface area (Å²) < 4.78 is 5.73. The van der Waals surface area contributed by atoms with Crippen LogP contribution >= 0.6 is 0 Å². The molecule has 1 aromatic heterocycles. The fourth-order valence-electron chi connectivity index (χ4n) is 3.13. The number of amides is 1. The molecule has 6 nitrogen and oxygen atoms in total. The first-order valence-corrected chi connectivity index (χ1v) is 7.07. The summed E-state index contributed by atoms with van der Waals surface area (Å²) in [6, 6.07) is 1.64. The van der Waals surface area contributed by atoms with E-state index >= 15 is 0 Å². The number of rotatable bonds is 2. The summed E-state index contributed by atoms with van der Waals surface area (Å²) in [5.74, 6) is 0.237. The van der Waals surface area contributed by atoms with Crippen LogP contribution < -0.4 is 11.1 Å². The molecule has 2 heterocycles. The maximum absolute atomic E-state index is 12.4. The number of hydrogen-bond acceptors (Lipinski definition) is 5. The quantitative estimate of drug-likeness (QED) is 0.812. The van der Waals surface area contributed by atoms with E-state index in [0.717, 1.165) is 25.1 Å². The molecule has 1 aliphatic heterocycles. The van der Waals surface area contributed by atoms with E-state index in [2.05, 4.69) is 15.5 Å². The molecule has 6 heteroatoms. The normalized spacial score (nSPS) is 32.1. The Bertz CT molecular complexity index is 534. The largest absolute Gasteiger partial charge is 0.376 e. The minimum atomic E-state index is -0.145.